The molecule has 154 valence electrons. The van der Waals surface area contributed by atoms with E-state index in [1.165, 1.54) is 28.6 Å². The van der Waals surface area contributed by atoms with E-state index < -0.39 is 22.0 Å². The van der Waals surface area contributed by atoms with Crippen LogP contribution in [0.25, 0.3) is 0 Å². The van der Waals surface area contributed by atoms with Gasteiger partial charge in [0.2, 0.25) is 0 Å². The summed E-state index contributed by atoms with van der Waals surface area (Å²) < 4.78 is 34.4. The summed E-state index contributed by atoms with van der Waals surface area (Å²) in [7, 11) is -3.93. The summed E-state index contributed by atoms with van der Waals surface area (Å²) >= 11 is 9.28. The summed E-state index contributed by atoms with van der Waals surface area (Å²) in [4.78, 5) is 13.0. The Morgan fingerprint density at radius 3 is 2.43 bits per heavy atom. The predicted molar refractivity (Wildman–Crippen MR) is 120 cm³/mol. The highest BCUT2D eigenvalue weighted by atomic mass is 79.9. The first-order chi connectivity index (χ1) is 14.4. The van der Waals surface area contributed by atoms with E-state index >= 15 is 0 Å². The summed E-state index contributed by atoms with van der Waals surface area (Å²) in [5.41, 5.74) is 0.939. The number of halogens is 2. The maximum absolute atomic E-state index is 13.3. The fraction of sp³-hybridized carbons (Fsp3) is 0.0952. The zero-order valence-corrected chi connectivity index (χ0v) is 18.6. The van der Waals surface area contributed by atoms with Gasteiger partial charge >= 0.3 is 0 Å². The van der Waals surface area contributed by atoms with Crippen LogP contribution in [0.3, 0.4) is 0 Å². The van der Waals surface area contributed by atoms with Crippen molar-refractivity contribution < 1.29 is 17.9 Å². The molecule has 0 saturated heterocycles. The Kier molecular flexibility index (Phi) is 5.73. The Hall–Kier alpha value is -2.55. The van der Waals surface area contributed by atoms with Crippen LogP contribution in [0, 0.1) is 0 Å². The van der Waals surface area contributed by atoms with E-state index in [1.54, 1.807) is 42.5 Å². The number of benzene rings is 3. The lowest BCUT2D eigenvalue weighted by atomic mass is 10.2. The first kappa shape index (κ1) is 20.7. The molecule has 0 spiro atoms. The van der Waals surface area contributed by atoms with E-state index in [4.69, 9.17) is 16.3 Å². The van der Waals surface area contributed by atoms with Gasteiger partial charge in [0.25, 0.3) is 15.9 Å². The van der Waals surface area contributed by atoms with Gasteiger partial charge in [-0.15, -0.1) is 0 Å². The molecule has 0 bridgehead atoms. The Bertz CT molecular complexity index is 1200. The van der Waals surface area contributed by atoms with Crippen molar-refractivity contribution in [2.75, 3.05) is 16.2 Å². The molecule has 30 heavy (non-hydrogen) atoms. The number of hydrogen-bond acceptors (Lipinski definition) is 4. The van der Waals surface area contributed by atoms with E-state index in [0.29, 0.717) is 26.6 Å². The molecule has 1 atom stereocenters. The van der Waals surface area contributed by atoms with Gasteiger partial charge in [-0.05, 0) is 64.5 Å². The molecule has 4 rings (SSSR count). The lowest BCUT2D eigenvalue weighted by Crippen LogP contribution is -2.48. The average Bonchev–Trinajstić information content (AvgIpc) is 2.74. The van der Waals surface area contributed by atoms with E-state index in [-0.39, 0.29) is 11.4 Å². The summed E-state index contributed by atoms with van der Waals surface area (Å²) in [6.07, 6.45) is -1.03. The van der Waals surface area contributed by atoms with Crippen molar-refractivity contribution in [3.63, 3.8) is 0 Å². The molecule has 0 aliphatic carbocycles. The third kappa shape index (κ3) is 4.03. The third-order valence-corrected chi connectivity index (χ3v) is 7.30. The van der Waals surface area contributed by atoms with Crippen LogP contribution in [0.4, 0.5) is 11.4 Å². The monoisotopic (exact) mass is 506 g/mol. The van der Waals surface area contributed by atoms with Crippen molar-refractivity contribution in [1.82, 2.24) is 0 Å². The van der Waals surface area contributed by atoms with Crippen molar-refractivity contribution in [3.05, 3.63) is 82.3 Å². The van der Waals surface area contributed by atoms with Gasteiger partial charge in [-0.3, -0.25) is 9.10 Å². The minimum Gasteiger partial charge on any atom is -0.476 e. The first-order valence-electron chi connectivity index (χ1n) is 8.95. The molecular weight excluding hydrogens is 492 g/mol. The van der Waals surface area contributed by atoms with Crippen LogP contribution in [0.15, 0.2) is 82.2 Å². The van der Waals surface area contributed by atoms with Gasteiger partial charge in [-0.25, -0.2) is 8.42 Å². The van der Waals surface area contributed by atoms with Crippen molar-refractivity contribution in [2.24, 2.45) is 0 Å². The van der Waals surface area contributed by atoms with Crippen LogP contribution in [-0.2, 0) is 14.8 Å². The Morgan fingerprint density at radius 2 is 1.70 bits per heavy atom. The molecule has 0 aromatic heterocycles. The van der Waals surface area contributed by atoms with E-state index in [2.05, 4.69) is 21.2 Å². The highest BCUT2D eigenvalue weighted by molar-refractivity contribution is 9.10. The number of para-hydroxylation sites is 3. The maximum atomic E-state index is 13.3. The molecule has 1 amide bonds. The number of carbonyl (C=O) groups excluding carboxylic acids is 1. The van der Waals surface area contributed by atoms with Crippen LogP contribution >= 0.6 is 27.5 Å². The SMILES string of the molecule is O=C(Nc1ccccc1Br)C1CN(S(=O)(=O)c2ccc(Cl)cc2)c2ccccc2O1. The Morgan fingerprint density at radius 1 is 1.03 bits per heavy atom. The Labute approximate surface area is 187 Å². The van der Waals surface area contributed by atoms with E-state index in [1.807, 2.05) is 6.07 Å². The summed E-state index contributed by atoms with van der Waals surface area (Å²) in [5, 5.41) is 3.21. The second kappa shape index (κ2) is 8.29. The fourth-order valence-corrected chi connectivity index (χ4v) is 5.06. The van der Waals surface area contributed by atoms with Gasteiger partial charge in [0.15, 0.2) is 6.10 Å². The zero-order valence-electron chi connectivity index (χ0n) is 15.5. The lowest BCUT2D eigenvalue weighted by Gasteiger charge is -2.34. The molecule has 0 radical (unpaired) electrons. The van der Waals surface area contributed by atoms with Gasteiger partial charge in [0.05, 0.1) is 22.8 Å². The molecule has 0 fully saturated rings. The molecule has 3 aromatic rings. The predicted octanol–water partition coefficient (Wildman–Crippen LogP) is 4.70. The molecule has 1 aliphatic heterocycles. The molecule has 1 unspecified atom stereocenters. The topological polar surface area (TPSA) is 75.7 Å². The largest absolute Gasteiger partial charge is 0.476 e. The summed E-state index contributed by atoms with van der Waals surface area (Å²) in [5.74, 6) is -0.138. The summed E-state index contributed by atoms with van der Waals surface area (Å²) in [6.45, 7) is -0.168. The molecule has 3 aromatic carbocycles. The standard InChI is InChI=1S/C21H16BrClN2O4S/c22-16-5-1-2-6-17(16)24-21(26)20-13-25(18-7-3-4-8-19(18)29-20)30(27,28)15-11-9-14(23)10-12-15/h1-12,20H,13H2,(H,24,26). The fourth-order valence-electron chi connectivity index (χ4n) is 3.08. The quantitative estimate of drug-likeness (QED) is 0.555. The van der Waals surface area contributed by atoms with Crippen LogP contribution in [0.5, 0.6) is 5.75 Å². The Balaban J connectivity index is 1.68. The second-order valence-electron chi connectivity index (χ2n) is 6.53. The van der Waals surface area contributed by atoms with E-state index in [0.717, 1.165) is 0 Å². The normalized spacial score (nSPS) is 15.8. The van der Waals surface area contributed by atoms with Crippen LogP contribution in [0.2, 0.25) is 5.02 Å². The van der Waals surface area contributed by atoms with Crippen molar-refractivity contribution >= 4 is 54.8 Å². The zero-order chi connectivity index (χ0) is 21.3. The van der Waals surface area contributed by atoms with Crippen LogP contribution in [0.1, 0.15) is 0 Å². The number of carbonyl (C=O) groups is 1. The number of rotatable bonds is 4. The van der Waals surface area contributed by atoms with Crippen molar-refractivity contribution in [1.29, 1.82) is 0 Å². The minimum atomic E-state index is -3.93. The number of hydrogen-bond donors (Lipinski definition) is 1. The lowest BCUT2D eigenvalue weighted by molar-refractivity contribution is -0.122. The molecule has 1 heterocycles. The number of amides is 1. The van der Waals surface area contributed by atoms with Gasteiger partial charge in [-0.1, -0.05) is 35.9 Å². The van der Waals surface area contributed by atoms with Gasteiger partial charge in [-0.2, -0.15) is 0 Å². The molecule has 9 heteroatoms. The number of sulfonamides is 1. The first-order valence-corrected chi connectivity index (χ1v) is 11.6. The van der Waals surface area contributed by atoms with Crippen molar-refractivity contribution in [2.45, 2.75) is 11.0 Å². The highest BCUT2D eigenvalue weighted by Crippen LogP contribution is 2.37. The van der Waals surface area contributed by atoms with Gasteiger partial charge in [0.1, 0.15) is 5.75 Å². The third-order valence-electron chi connectivity index (χ3n) is 4.56. The van der Waals surface area contributed by atoms with Gasteiger partial charge < -0.3 is 10.1 Å². The molecule has 6 nitrogen and oxygen atoms in total. The molecular formula is C21H16BrClN2O4S. The van der Waals surface area contributed by atoms with Crippen LogP contribution < -0.4 is 14.4 Å². The van der Waals surface area contributed by atoms with Gasteiger partial charge in [0, 0.05) is 9.50 Å². The molecule has 1 aliphatic rings. The highest BCUT2D eigenvalue weighted by Gasteiger charge is 2.37. The molecule has 1 N–H and O–H groups in total. The molecule has 0 saturated carbocycles. The van der Waals surface area contributed by atoms with Crippen molar-refractivity contribution in [3.8, 4) is 5.75 Å². The maximum Gasteiger partial charge on any atom is 0.267 e. The second-order valence-corrected chi connectivity index (χ2v) is 9.69. The number of ether oxygens (including phenoxy) is 1. The number of nitrogens with one attached hydrogen (secondary N) is 1. The smallest absolute Gasteiger partial charge is 0.267 e. The average molecular weight is 508 g/mol. The van der Waals surface area contributed by atoms with Crippen LogP contribution in [-0.4, -0.2) is 27.0 Å². The minimum absolute atomic E-state index is 0.0774. The number of nitrogens with zero attached hydrogens (tertiary/aromatic N) is 1. The number of fused-ring (bicyclic) bond motifs is 1. The number of anilines is 2. The summed E-state index contributed by atoms with van der Waals surface area (Å²) in [6, 6.07) is 19.8. The van der Waals surface area contributed by atoms with E-state index in [9.17, 15) is 13.2 Å².